The van der Waals surface area contributed by atoms with Crippen LogP contribution in [0.25, 0.3) is 0 Å². The highest BCUT2D eigenvalue weighted by Gasteiger charge is 2.53. The van der Waals surface area contributed by atoms with E-state index in [9.17, 15) is 19.2 Å². The highest BCUT2D eigenvalue weighted by Crippen LogP contribution is 2.56. The van der Waals surface area contributed by atoms with Crippen molar-refractivity contribution in [2.45, 2.75) is 113 Å². The van der Waals surface area contributed by atoms with E-state index >= 15 is 0 Å². The van der Waals surface area contributed by atoms with E-state index in [0.29, 0.717) is 47.0 Å². The molecule has 4 amide bonds. The van der Waals surface area contributed by atoms with Gasteiger partial charge in [0, 0.05) is 35.4 Å². The summed E-state index contributed by atoms with van der Waals surface area (Å²) in [5, 5.41) is 12.8. The number of rotatable bonds is 4. The minimum absolute atomic E-state index is 0.0990. The van der Waals surface area contributed by atoms with Gasteiger partial charge >= 0.3 is 0 Å². The lowest BCUT2D eigenvalue weighted by Crippen LogP contribution is -2.63. The molecule has 8 bridgehead atoms. The second kappa shape index (κ2) is 12.4. The second-order valence-electron chi connectivity index (χ2n) is 15.3. The molecule has 0 aromatic carbocycles. The van der Waals surface area contributed by atoms with Crippen LogP contribution in [0.1, 0.15) is 89.9 Å². The Morgan fingerprint density at radius 2 is 0.930 bits per heavy atom. The molecule has 43 heavy (non-hydrogen) atoms. The van der Waals surface area contributed by atoms with Crippen molar-refractivity contribution >= 4 is 45.2 Å². The van der Waals surface area contributed by atoms with Crippen LogP contribution in [0.4, 0.5) is 0 Å². The van der Waals surface area contributed by atoms with Crippen LogP contribution in [0.15, 0.2) is 0 Å². The van der Waals surface area contributed by atoms with E-state index in [2.05, 4.69) is 21.3 Å². The fourth-order valence-electron chi connectivity index (χ4n) is 10.8. The van der Waals surface area contributed by atoms with E-state index in [-0.39, 0.29) is 60.8 Å². The molecule has 0 aromatic rings. The van der Waals surface area contributed by atoms with Gasteiger partial charge < -0.3 is 26.0 Å². The van der Waals surface area contributed by atoms with Crippen LogP contribution in [-0.4, -0.2) is 71.5 Å². The lowest BCUT2D eigenvalue weighted by molar-refractivity contribution is -0.133. The van der Waals surface area contributed by atoms with E-state index < -0.39 is 12.1 Å². The van der Waals surface area contributed by atoms with Crippen LogP contribution in [0.3, 0.4) is 0 Å². The van der Waals surface area contributed by atoms with Crippen molar-refractivity contribution in [3.63, 3.8) is 0 Å². The number of hydrogen-bond acceptors (Lipinski definition) is 7. The Kier molecular flexibility index (Phi) is 8.70. The lowest BCUT2D eigenvalue weighted by atomic mass is 9.53. The van der Waals surface area contributed by atoms with Crippen molar-refractivity contribution in [3.05, 3.63) is 0 Å². The van der Waals surface area contributed by atoms with E-state index in [1.165, 1.54) is 60.1 Å². The molecular weight excluding hydrogens is 585 g/mol. The van der Waals surface area contributed by atoms with Crippen molar-refractivity contribution in [1.29, 1.82) is 0 Å². The summed E-state index contributed by atoms with van der Waals surface area (Å²) in [5.41, 5.74) is -0.252. The molecule has 238 valence electrons. The van der Waals surface area contributed by atoms with Gasteiger partial charge in [-0.15, -0.1) is 0 Å². The number of ether oxygens (including phenoxy) is 1. The maximum atomic E-state index is 13.7. The Hall–Kier alpha value is -1.46. The first-order valence-electron chi connectivity index (χ1n) is 16.8. The molecule has 4 N–H and O–H groups in total. The molecule has 0 radical (unpaired) electrons. The van der Waals surface area contributed by atoms with E-state index in [4.69, 9.17) is 4.74 Å². The van der Waals surface area contributed by atoms with Crippen molar-refractivity contribution in [1.82, 2.24) is 21.3 Å². The molecule has 0 aromatic heterocycles. The van der Waals surface area contributed by atoms with Crippen molar-refractivity contribution < 1.29 is 23.9 Å². The lowest BCUT2D eigenvalue weighted by Gasteiger charge is -2.57. The number of amides is 4. The first kappa shape index (κ1) is 30.2. The normalized spacial score (nSPS) is 44.6. The van der Waals surface area contributed by atoms with Crippen molar-refractivity contribution in [2.75, 3.05) is 24.7 Å². The van der Waals surface area contributed by atoms with Gasteiger partial charge in [0.05, 0.1) is 13.2 Å². The summed E-state index contributed by atoms with van der Waals surface area (Å²) in [6, 6.07) is -1.31. The van der Waals surface area contributed by atoms with Gasteiger partial charge in [-0.25, -0.2) is 0 Å². The summed E-state index contributed by atoms with van der Waals surface area (Å²) in [4.78, 5) is 53.0. The number of carbonyl (C=O) groups excluding carboxylic acids is 4. The van der Waals surface area contributed by atoms with Gasteiger partial charge in [0.2, 0.25) is 23.6 Å². The van der Waals surface area contributed by atoms with Crippen LogP contribution in [0.2, 0.25) is 0 Å². The molecule has 0 spiro atoms. The predicted octanol–water partition coefficient (Wildman–Crippen LogP) is 3.32. The Morgan fingerprint density at radius 3 is 1.26 bits per heavy atom. The van der Waals surface area contributed by atoms with Crippen LogP contribution < -0.4 is 21.3 Å². The van der Waals surface area contributed by atoms with Gasteiger partial charge in [0.25, 0.3) is 0 Å². The van der Waals surface area contributed by atoms with Crippen LogP contribution in [0, 0.1) is 35.5 Å². The van der Waals surface area contributed by atoms with Gasteiger partial charge in [-0.05, 0) is 113 Å². The maximum Gasteiger partial charge on any atom is 0.243 e. The van der Waals surface area contributed by atoms with Crippen LogP contribution in [0.5, 0.6) is 0 Å². The SMILES string of the molecule is O=C1CCOCCC(=O)NC(C(=O)NC23CC4CC(CC(C4)C2)C3)CSSCC(C(=O)NC23CC4CC(CC(C4)C2)C3)N1. The first-order valence-corrected chi connectivity index (χ1v) is 19.3. The summed E-state index contributed by atoms with van der Waals surface area (Å²) in [6.07, 6.45) is 14.4. The highest BCUT2D eigenvalue weighted by atomic mass is 33.1. The van der Waals surface area contributed by atoms with Gasteiger partial charge in [0.1, 0.15) is 12.1 Å². The van der Waals surface area contributed by atoms with Crippen LogP contribution in [-0.2, 0) is 23.9 Å². The zero-order chi connectivity index (χ0) is 29.6. The quantitative estimate of drug-likeness (QED) is 0.351. The Labute approximate surface area is 263 Å². The average molecular weight is 633 g/mol. The van der Waals surface area contributed by atoms with Gasteiger partial charge in [-0.2, -0.15) is 0 Å². The zero-order valence-corrected chi connectivity index (χ0v) is 26.8. The molecule has 9 fully saturated rings. The summed E-state index contributed by atoms with van der Waals surface area (Å²) in [5.74, 6) is 4.45. The standard InChI is InChI=1S/C32H48N4O5S2/c37-27-1-3-41-4-2-28(38)34-26(30(40)36-32-14-22-8-23(15-32)10-24(9-22)16-32)18-43-42-17-25(33-27)29(39)35-31-11-19-5-20(12-31)7-21(6-19)13-31/h19-26H,1-18H2,(H,33,37)(H,34,38)(H,35,39)(H,36,40). The fourth-order valence-corrected chi connectivity index (χ4v) is 13.1. The highest BCUT2D eigenvalue weighted by molar-refractivity contribution is 8.76. The van der Waals surface area contributed by atoms with Crippen molar-refractivity contribution in [3.8, 4) is 0 Å². The maximum absolute atomic E-state index is 13.7. The van der Waals surface area contributed by atoms with E-state index in [0.717, 1.165) is 38.5 Å². The molecule has 9 nitrogen and oxygen atoms in total. The largest absolute Gasteiger partial charge is 0.380 e. The third-order valence-electron chi connectivity index (χ3n) is 11.7. The molecular formula is C32H48N4O5S2. The third kappa shape index (κ3) is 6.88. The smallest absolute Gasteiger partial charge is 0.243 e. The summed E-state index contributed by atoms with van der Waals surface area (Å²) >= 11 is 0. The molecule has 2 atom stereocenters. The topological polar surface area (TPSA) is 126 Å². The molecule has 1 saturated heterocycles. The predicted molar refractivity (Wildman–Crippen MR) is 167 cm³/mol. The Bertz CT molecular complexity index is 963. The van der Waals surface area contributed by atoms with Gasteiger partial charge in [-0.3, -0.25) is 19.2 Å². The van der Waals surface area contributed by atoms with E-state index in [1.807, 2.05) is 0 Å². The third-order valence-corrected chi connectivity index (χ3v) is 14.1. The van der Waals surface area contributed by atoms with E-state index in [1.54, 1.807) is 0 Å². The number of nitrogens with one attached hydrogen (secondary N) is 4. The summed E-state index contributed by atoms with van der Waals surface area (Å²) < 4.78 is 5.59. The minimum Gasteiger partial charge on any atom is -0.380 e. The van der Waals surface area contributed by atoms with Crippen LogP contribution >= 0.6 is 21.6 Å². The molecule has 1 aliphatic heterocycles. The summed E-state index contributed by atoms with van der Waals surface area (Å²) in [6.45, 7) is 0.362. The molecule has 9 aliphatic rings. The number of carbonyl (C=O) groups is 4. The molecule has 11 heteroatoms. The van der Waals surface area contributed by atoms with Crippen molar-refractivity contribution in [2.24, 2.45) is 35.5 Å². The molecule has 9 rings (SSSR count). The first-order chi connectivity index (χ1) is 20.7. The Morgan fingerprint density at radius 1 is 0.605 bits per heavy atom. The van der Waals surface area contributed by atoms with Gasteiger partial charge in [-0.1, -0.05) is 21.6 Å². The molecule has 8 saturated carbocycles. The van der Waals surface area contributed by atoms with Gasteiger partial charge in [0.15, 0.2) is 0 Å². The minimum atomic E-state index is -0.656. The zero-order valence-electron chi connectivity index (χ0n) is 25.2. The molecule has 1 heterocycles. The monoisotopic (exact) mass is 632 g/mol. The fraction of sp³-hybridized carbons (Fsp3) is 0.875. The molecule has 8 aliphatic carbocycles. The Balaban J connectivity index is 0.992. The number of hydrogen-bond donors (Lipinski definition) is 4. The summed E-state index contributed by atoms with van der Waals surface area (Å²) in [7, 11) is 2.97. The second-order valence-corrected chi connectivity index (χ2v) is 17.8. The average Bonchev–Trinajstić information content (AvgIpc) is 2.92. The molecule has 2 unspecified atom stereocenters.